The van der Waals surface area contributed by atoms with Gasteiger partial charge in [0.2, 0.25) is 5.91 Å². The molecule has 1 saturated heterocycles. The number of carbonyl (C=O) groups is 2. The Balaban J connectivity index is 1.57. The lowest BCUT2D eigenvalue weighted by Gasteiger charge is -2.28. The SMILES string of the molecule is C=C1c2ccccc2C(=O)N1CC(=O)N1CCCC1c1cc(OC)ccc1OC. The summed E-state index contributed by atoms with van der Waals surface area (Å²) < 4.78 is 10.9. The predicted molar refractivity (Wildman–Crippen MR) is 110 cm³/mol. The van der Waals surface area contributed by atoms with Crippen molar-refractivity contribution < 1.29 is 19.1 Å². The monoisotopic (exact) mass is 392 g/mol. The van der Waals surface area contributed by atoms with Crippen LogP contribution >= 0.6 is 0 Å². The quantitative estimate of drug-likeness (QED) is 0.782. The van der Waals surface area contributed by atoms with Crippen LogP contribution in [0.2, 0.25) is 0 Å². The van der Waals surface area contributed by atoms with Crippen molar-refractivity contribution in [2.45, 2.75) is 18.9 Å². The van der Waals surface area contributed by atoms with Crippen molar-refractivity contribution in [2.75, 3.05) is 27.3 Å². The number of carbonyl (C=O) groups excluding carboxylic acids is 2. The largest absolute Gasteiger partial charge is 0.497 e. The Morgan fingerprint density at radius 1 is 1.14 bits per heavy atom. The summed E-state index contributed by atoms with van der Waals surface area (Å²) in [6, 6.07) is 12.8. The summed E-state index contributed by atoms with van der Waals surface area (Å²) in [6.07, 6.45) is 1.73. The van der Waals surface area contributed by atoms with E-state index in [0.717, 1.165) is 35.5 Å². The van der Waals surface area contributed by atoms with E-state index in [1.165, 1.54) is 4.90 Å². The second-order valence-electron chi connectivity index (χ2n) is 7.24. The number of ether oxygens (including phenoxy) is 2. The molecule has 2 aromatic rings. The molecule has 0 N–H and O–H groups in total. The fourth-order valence-electron chi connectivity index (χ4n) is 4.22. The average molecular weight is 392 g/mol. The maximum absolute atomic E-state index is 13.2. The molecule has 1 atom stereocenters. The molecule has 2 aliphatic heterocycles. The summed E-state index contributed by atoms with van der Waals surface area (Å²) in [7, 11) is 3.24. The van der Waals surface area contributed by atoms with Gasteiger partial charge < -0.3 is 14.4 Å². The maximum Gasteiger partial charge on any atom is 0.259 e. The average Bonchev–Trinajstić information content (AvgIpc) is 3.33. The van der Waals surface area contributed by atoms with Crippen LogP contribution in [0.15, 0.2) is 49.0 Å². The van der Waals surface area contributed by atoms with Crippen LogP contribution in [-0.4, -0.2) is 48.9 Å². The smallest absolute Gasteiger partial charge is 0.259 e. The Morgan fingerprint density at radius 2 is 1.90 bits per heavy atom. The molecule has 1 fully saturated rings. The van der Waals surface area contributed by atoms with E-state index in [9.17, 15) is 9.59 Å². The van der Waals surface area contributed by atoms with E-state index in [0.29, 0.717) is 17.8 Å². The van der Waals surface area contributed by atoms with Gasteiger partial charge in [-0.2, -0.15) is 0 Å². The second kappa shape index (κ2) is 7.62. The van der Waals surface area contributed by atoms with Crippen LogP contribution in [-0.2, 0) is 4.79 Å². The number of likely N-dealkylation sites (tertiary alicyclic amines) is 1. The highest BCUT2D eigenvalue weighted by Crippen LogP contribution is 2.39. The van der Waals surface area contributed by atoms with Gasteiger partial charge in [-0.05, 0) is 37.1 Å². The van der Waals surface area contributed by atoms with E-state index in [4.69, 9.17) is 9.47 Å². The van der Waals surface area contributed by atoms with Gasteiger partial charge in [-0.25, -0.2) is 0 Å². The first kappa shape index (κ1) is 19.1. The van der Waals surface area contributed by atoms with Crippen molar-refractivity contribution in [2.24, 2.45) is 0 Å². The predicted octanol–water partition coefficient (Wildman–Crippen LogP) is 3.49. The molecule has 2 amide bonds. The Bertz CT molecular complexity index is 950. The van der Waals surface area contributed by atoms with Gasteiger partial charge >= 0.3 is 0 Å². The molecule has 0 spiro atoms. The molecule has 6 heteroatoms. The zero-order chi connectivity index (χ0) is 20.5. The Kier molecular flexibility index (Phi) is 5.01. The van der Waals surface area contributed by atoms with Crippen molar-refractivity contribution in [1.82, 2.24) is 9.80 Å². The van der Waals surface area contributed by atoms with E-state index in [1.54, 1.807) is 20.3 Å². The van der Waals surface area contributed by atoms with Crippen molar-refractivity contribution in [3.63, 3.8) is 0 Å². The maximum atomic E-state index is 13.2. The molecule has 0 aliphatic carbocycles. The molecule has 2 heterocycles. The minimum absolute atomic E-state index is 0.0187. The minimum Gasteiger partial charge on any atom is -0.497 e. The van der Waals surface area contributed by atoms with Crippen molar-refractivity contribution in [1.29, 1.82) is 0 Å². The molecule has 0 aromatic heterocycles. The third kappa shape index (κ3) is 3.24. The molecule has 2 aliphatic rings. The van der Waals surface area contributed by atoms with Crippen molar-refractivity contribution in [3.05, 3.63) is 65.7 Å². The van der Waals surface area contributed by atoms with Crippen LogP contribution in [0.25, 0.3) is 5.70 Å². The third-order valence-electron chi connectivity index (χ3n) is 5.70. The van der Waals surface area contributed by atoms with Crippen molar-refractivity contribution >= 4 is 17.5 Å². The number of fused-ring (bicyclic) bond motifs is 1. The van der Waals surface area contributed by atoms with Gasteiger partial charge in [0.25, 0.3) is 5.91 Å². The van der Waals surface area contributed by atoms with Crippen LogP contribution < -0.4 is 9.47 Å². The van der Waals surface area contributed by atoms with E-state index in [-0.39, 0.29) is 24.4 Å². The van der Waals surface area contributed by atoms with Gasteiger partial charge in [0.15, 0.2) is 0 Å². The molecule has 150 valence electrons. The van der Waals surface area contributed by atoms with E-state index in [1.807, 2.05) is 41.3 Å². The highest BCUT2D eigenvalue weighted by atomic mass is 16.5. The molecule has 1 unspecified atom stereocenters. The zero-order valence-electron chi connectivity index (χ0n) is 16.7. The number of amides is 2. The number of hydrogen-bond acceptors (Lipinski definition) is 4. The number of methoxy groups -OCH3 is 2. The van der Waals surface area contributed by atoms with E-state index >= 15 is 0 Å². The van der Waals surface area contributed by atoms with Gasteiger partial charge in [-0.3, -0.25) is 14.5 Å². The van der Waals surface area contributed by atoms with Gasteiger partial charge in [0.05, 0.1) is 20.3 Å². The van der Waals surface area contributed by atoms with Gasteiger partial charge in [-0.15, -0.1) is 0 Å². The first-order valence-corrected chi connectivity index (χ1v) is 9.66. The number of hydrogen-bond donors (Lipinski definition) is 0. The van der Waals surface area contributed by atoms with E-state index in [2.05, 4.69) is 6.58 Å². The van der Waals surface area contributed by atoms with Gasteiger partial charge in [0.1, 0.15) is 18.0 Å². The molecule has 0 radical (unpaired) electrons. The molecule has 0 bridgehead atoms. The first-order valence-electron chi connectivity index (χ1n) is 9.66. The highest BCUT2D eigenvalue weighted by molar-refractivity contribution is 6.10. The molecule has 4 rings (SSSR count). The third-order valence-corrected chi connectivity index (χ3v) is 5.70. The first-order chi connectivity index (χ1) is 14.0. The van der Waals surface area contributed by atoms with E-state index < -0.39 is 0 Å². The fraction of sp³-hybridized carbons (Fsp3) is 0.304. The van der Waals surface area contributed by atoms with Crippen LogP contribution in [0.1, 0.15) is 40.4 Å². The Morgan fingerprint density at radius 3 is 2.59 bits per heavy atom. The molecular weight excluding hydrogens is 368 g/mol. The molecular formula is C23H24N2O4. The zero-order valence-corrected chi connectivity index (χ0v) is 16.7. The molecule has 0 saturated carbocycles. The second-order valence-corrected chi connectivity index (χ2v) is 7.24. The minimum atomic E-state index is -0.173. The topological polar surface area (TPSA) is 59.1 Å². The van der Waals surface area contributed by atoms with Crippen LogP contribution in [0.4, 0.5) is 0 Å². The summed E-state index contributed by atoms with van der Waals surface area (Å²) in [5.74, 6) is 1.18. The van der Waals surface area contributed by atoms with Crippen LogP contribution in [0.3, 0.4) is 0 Å². The van der Waals surface area contributed by atoms with Crippen molar-refractivity contribution in [3.8, 4) is 11.5 Å². The standard InChI is InChI=1S/C23H24N2O4/c1-15-17-7-4-5-8-18(17)23(27)25(15)14-22(26)24-12-6-9-20(24)19-13-16(28-2)10-11-21(19)29-3/h4-5,7-8,10-11,13,20H,1,6,9,12,14H2,2-3H3. The number of benzene rings is 2. The lowest BCUT2D eigenvalue weighted by molar-refractivity contribution is -0.132. The summed E-state index contributed by atoms with van der Waals surface area (Å²) in [5, 5.41) is 0. The summed E-state index contributed by atoms with van der Waals surface area (Å²) in [6.45, 7) is 4.66. The number of nitrogens with zero attached hydrogens (tertiary/aromatic N) is 2. The lowest BCUT2D eigenvalue weighted by atomic mass is 10.0. The van der Waals surface area contributed by atoms with Crippen LogP contribution in [0.5, 0.6) is 11.5 Å². The normalized spacial score (nSPS) is 18.2. The molecule has 6 nitrogen and oxygen atoms in total. The van der Waals surface area contributed by atoms with Gasteiger partial charge in [0, 0.05) is 28.9 Å². The Hall–Kier alpha value is -3.28. The highest BCUT2D eigenvalue weighted by Gasteiger charge is 2.37. The molecule has 29 heavy (non-hydrogen) atoms. The lowest BCUT2D eigenvalue weighted by Crippen LogP contribution is -2.39. The number of rotatable bonds is 5. The Labute approximate surface area is 170 Å². The molecule has 2 aromatic carbocycles. The summed E-state index contributed by atoms with van der Waals surface area (Å²) >= 11 is 0. The van der Waals surface area contributed by atoms with Crippen LogP contribution in [0, 0.1) is 0 Å². The summed E-state index contributed by atoms with van der Waals surface area (Å²) in [4.78, 5) is 29.3. The fourth-order valence-corrected chi connectivity index (χ4v) is 4.22. The van der Waals surface area contributed by atoms with Gasteiger partial charge in [-0.1, -0.05) is 24.8 Å². The summed E-state index contributed by atoms with van der Waals surface area (Å²) in [5.41, 5.74) is 2.89.